The fraction of sp³-hybridized carbons (Fsp3) is 0.467. The van der Waals surface area contributed by atoms with E-state index in [0.29, 0.717) is 24.0 Å². The molecule has 200 valence electrons. The normalized spacial score (nSPS) is 18.3. The van der Waals surface area contributed by atoms with E-state index in [1.165, 1.54) is 0 Å². The second kappa shape index (κ2) is 11.0. The Morgan fingerprint density at radius 3 is 2.32 bits per heavy atom. The maximum Gasteiger partial charge on any atom is 0.401 e. The molecular formula is C30H37ClF3N3. The molecule has 0 radical (unpaired) electrons. The van der Waals surface area contributed by atoms with Gasteiger partial charge in [-0.05, 0) is 67.2 Å². The number of hydrogen-bond acceptors (Lipinski definition) is 3. The zero-order chi connectivity index (χ0) is 26.8. The molecule has 1 heterocycles. The van der Waals surface area contributed by atoms with E-state index in [-0.39, 0.29) is 16.7 Å². The maximum atomic E-state index is 13.9. The fourth-order valence-corrected chi connectivity index (χ4v) is 6.25. The minimum Gasteiger partial charge on any atom is -0.385 e. The van der Waals surface area contributed by atoms with Crippen LogP contribution in [0.5, 0.6) is 0 Å². The molecule has 2 fully saturated rings. The van der Waals surface area contributed by atoms with Crippen LogP contribution in [0.15, 0.2) is 67.4 Å². The van der Waals surface area contributed by atoms with E-state index in [0.717, 1.165) is 55.6 Å². The second-order valence-corrected chi connectivity index (χ2v) is 11.3. The Morgan fingerprint density at radius 2 is 1.76 bits per heavy atom. The molecule has 3 nitrogen and oxygen atoms in total. The molecule has 1 atom stereocenters. The van der Waals surface area contributed by atoms with Gasteiger partial charge in [-0.1, -0.05) is 55.1 Å². The maximum absolute atomic E-state index is 13.9. The summed E-state index contributed by atoms with van der Waals surface area (Å²) >= 11 is 6.46. The van der Waals surface area contributed by atoms with E-state index >= 15 is 0 Å². The van der Waals surface area contributed by atoms with Gasteiger partial charge in [0, 0.05) is 56.4 Å². The number of allylic oxidation sites excluding steroid dienone is 1. The predicted molar refractivity (Wildman–Crippen MR) is 148 cm³/mol. The summed E-state index contributed by atoms with van der Waals surface area (Å²) in [7, 11) is 3.89. The van der Waals surface area contributed by atoms with E-state index in [9.17, 15) is 13.2 Å². The van der Waals surface area contributed by atoms with Gasteiger partial charge in [0.15, 0.2) is 0 Å². The number of halogens is 4. The number of piperidine rings is 1. The van der Waals surface area contributed by atoms with Crippen molar-refractivity contribution in [2.45, 2.75) is 44.2 Å². The third-order valence-corrected chi connectivity index (χ3v) is 8.48. The van der Waals surface area contributed by atoms with E-state index in [4.69, 9.17) is 11.6 Å². The Kier molecular flexibility index (Phi) is 8.17. The summed E-state index contributed by atoms with van der Waals surface area (Å²) < 4.78 is 41.8. The number of nitrogens with zero attached hydrogens (tertiary/aromatic N) is 2. The highest BCUT2D eigenvalue weighted by molar-refractivity contribution is 6.32. The molecule has 2 aliphatic rings. The Bertz CT molecular complexity index is 1100. The van der Waals surface area contributed by atoms with Crippen LogP contribution in [0.1, 0.15) is 49.1 Å². The quantitative estimate of drug-likeness (QED) is 0.353. The van der Waals surface area contributed by atoms with Crippen molar-refractivity contribution in [3.8, 4) is 0 Å². The summed E-state index contributed by atoms with van der Waals surface area (Å²) in [5.41, 5.74) is 3.51. The fourth-order valence-electron chi connectivity index (χ4n) is 5.96. The van der Waals surface area contributed by atoms with Crippen LogP contribution in [0.3, 0.4) is 0 Å². The van der Waals surface area contributed by atoms with Gasteiger partial charge in [0.05, 0.1) is 5.02 Å². The van der Waals surface area contributed by atoms with Crippen LogP contribution in [0.4, 0.5) is 18.9 Å². The van der Waals surface area contributed by atoms with Crippen LogP contribution < -0.4 is 5.32 Å². The van der Waals surface area contributed by atoms with Gasteiger partial charge in [-0.3, -0.25) is 0 Å². The van der Waals surface area contributed by atoms with Crippen molar-refractivity contribution in [3.63, 3.8) is 0 Å². The first-order valence-electron chi connectivity index (χ1n) is 12.9. The number of benzene rings is 2. The lowest BCUT2D eigenvalue weighted by Gasteiger charge is -2.53. The predicted octanol–water partition coefficient (Wildman–Crippen LogP) is 8.03. The Labute approximate surface area is 224 Å². The molecule has 0 bridgehead atoms. The first kappa shape index (κ1) is 27.4. The van der Waals surface area contributed by atoms with E-state index in [2.05, 4.69) is 18.5 Å². The van der Waals surface area contributed by atoms with Crippen molar-refractivity contribution >= 4 is 23.0 Å². The van der Waals surface area contributed by atoms with Gasteiger partial charge in [-0.25, -0.2) is 0 Å². The second-order valence-electron chi connectivity index (χ2n) is 10.9. The van der Waals surface area contributed by atoms with Gasteiger partial charge in [-0.15, -0.1) is 0 Å². The van der Waals surface area contributed by atoms with E-state index in [1.807, 2.05) is 42.1 Å². The standard InChI is InChI=1S/C30H37ClF3N3/c1-21(36(3)4)26-11-10-25(18-27(26)31)35-15-12-23-19-29(20-23)13-16-37(17-14-29)22(2)28(30(32,33)34)24-8-6-5-7-9-24/h5-11,18,23,28,35H,1-2,12-17,19-20H2,3-4H3. The summed E-state index contributed by atoms with van der Waals surface area (Å²) in [6.45, 7) is 10.1. The summed E-state index contributed by atoms with van der Waals surface area (Å²) in [4.78, 5) is 3.81. The molecule has 1 saturated carbocycles. The molecule has 0 aromatic heterocycles. The Morgan fingerprint density at radius 1 is 1.11 bits per heavy atom. The van der Waals surface area contributed by atoms with Crippen molar-refractivity contribution in [1.82, 2.24) is 9.80 Å². The Hall–Kier alpha value is -2.60. The number of hydrogen-bond donors (Lipinski definition) is 1. The van der Waals surface area contributed by atoms with Crippen LogP contribution in [0, 0.1) is 11.3 Å². The monoisotopic (exact) mass is 531 g/mol. The molecule has 0 amide bonds. The van der Waals surface area contributed by atoms with Crippen molar-refractivity contribution in [2.75, 3.05) is 39.0 Å². The summed E-state index contributed by atoms with van der Waals surface area (Å²) in [6, 6.07) is 14.1. The molecule has 1 aliphatic heterocycles. The lowest BCUT2D eigenvalue weighted by molar-refractivity contribution is -0.147. The van der Waals surface area contributed by atoms with E-state index < -0.39 is 12.1 Å². The van der Waals surface area contributed by atoms with E-state index in [1.54, 1.807) is 30.3 Å². The molecule has 37 heavy (non-hydrogen) atoms. The SMILES string of the molecule is C=C(c1ccc(NCCC2CC3(CCN(C(=C)C(c4ccccc4)C(F)(F)F)CC3)C2)cc1Cl)N(C)C. The molecule has 1 N–H and O–H groups in total. The van der Waals surface area contributed by atoms with Crippen LogP contribution in [0.25, 0.3) is 5.70 Å². The smallest absolute Gasteiger partial charge is 0.385 e. The van der Waals surface area contributed by atoms with Crippen LogP contribution in [0.2, 0.25) is 5.02 Å². The van der Waals surface area contributed by atoms with Crippen molar-refractivity contribution in [1.29, 1.82) is 0 Å². The molecule has 4 rings (SSSR count). The van der Waals surface area contributed by atoms with Gasteiger partial charge in [0.25, 0.3) is 0 Å². The zero-order valence-electron chi connectivity index (χ0n) is 21.8. The highest BCUT2D eigenvalue weighted by atomic mass is 35.5. The van der Waals surface area contributed by atoms with Gasteiger partial charge < -0.3 is 15.1 Å². The van der Waals surface area contributed by atoms with Crippen molar-refractivity contribution in [2.24, 2.45) is 11.3 Å². The zero-order valence-corrected chi connectivity index (χ0v) is 22.5. The first-order chi connectivity index (χ1) is 17.5. The minimum atomic E-state index is -4.35. The highest BCUT2D eigenvalue weighted by Crippen LogP contribution is 2.54. The summed E-state index contributed by atoms with van der Waals surface area (Å²) in [6.07, 6.45) is 0.890. The molecule has 7 heteroatoms. The molecule has 1 saturated heterocycles. The number of alkyl halides is 3. The molecule has 1 unspecified atom stereocenters. The van der Waals surface area contributed by atoms with Crippen molar-refractivity contribution < 1.29 is 13.2 Å². The molecule has 2 aromatic carbocycles. The average molecular weight is 532 g/mol. The first-order valence-corrected chi connectivity index (χ1v) is 13.3. The van der Waals surface area contributed by atoms with Crippen LogP contribution in [-0.4, -0.2) is 49.7 Å². The van der Waals surface area contributed by atoms with Gasteiger partial charge in [-0.2, -0.15) is 13.2 Å². The highest BCUT2D eigenvalue weighted by Gasteiger charge is 2.48. The number of nitrogens with one attached hydrogen (secondary N) is 1. The molecule has 1 aliphatic carbocycles. The summed E-state index contributed by atoms with van der Waals surface area (Å²) in [5.74, 6) is -0.996. The van der Waals surface area contributed by atoms with Crippen molar-refractivity contribution in [3.05, 3.63) is 83.5 Å². The molecular weight excluding hydrogens is 495 g/mol. The lowest BCUT2D eigenvalue weighted by atomic mass is 9.57. The van der Waals surface area contributed by atoms with Gasteiger partial charge in [0.2, 0.25) is 0 Å². The van der Waals surface area contributed by atoms with Crippen LogP contribution in [-0.2, 0) is 0 Å². The average Bonchev–Trinajstić information content (AvgIpc) is 2.83. The number of anilines is 1. The topological polar surface area (TPSA) is 18.5 Å². The minimum absolute atomic E-state index is 0.174. The van der Waals surface area contributed by atoms with Gasteiger partial charge in [0.1, 0.15) is 5.92 Å². The molecule has 2 aromatic rings. The van der Waals surface area contributed by atoms with Crippen LogP contribution >= 0.6 is 11.6 Å². The summed E-state index contributed by atoms with van der Waals surface area (Å²) in [5, 5.41) is 4.16. The lowest BCUT2D eigenvalue weighted by Crippen LogP contribution is -2.48. The molecule has 1 spiro atoms. The number of rotatable bonds is 9. The van der Waals surface area contributed by atoms with Gasteiger partial charge >= 0.3 is 6.18 Å². The largest absolute Gasteiger partial charge is 0.401 e. The third-order valence-electron chi connectivity index (χ3n) is 8.17. The third kappa shape index (κ3) is 6.28. The number of likely N-dealkylation sites (tertiary alicyclic amines) is 1. The Balaban J connectivity index is 1.23.